The summed E-state index contributed by atoms with van der Waals surface area (Å²) in [5.74, 6) is -1.03. The molecule has 4 atom stereocenters. The molecule has 7 nitrogen and oxygen atoms in total. The van der Waals surface area contributed by atoms with Gasteiger partial charge in [-0.3, -0.25) is 9.59 Å². The second-order valence-electron chi connectivity index (χ2n) is 10.1. The minimum absolute atomic E-state index is 0.181. The van der Waals surface area contributed by atoms with Crippen molar-refractivity contribution in [2.24, 2.45) is 0 Å². The zero-order valence-corrected chi connectivity index (χ0v) is 22.7. The fourth-order valence-electron chi connectivity index (χ4n) is 5.52. The van der Waals surface area contributed by atoms with Crippen molar-refractivity contribution in [1.29, 1.82) is 0 Å². The lowest BCUT2D eigenvalue weighted by Crippen LogP contribution is -2.74. The molecule has 0 radical (unpaired) electrons. The van der Waals surface area contributed by atoms with Gasteiger partial charge in [0, 0.05) is 6.61 Å². The van der Waals surface area contributed by atoms with E-state index >= 15 is 0 Å². The summed E-state index contributed by atoms with van der Waals surface area (Å²) in [5.41, 5.74) is 3.29. The number of amides is 2. The lowest BCUT2D eigenvalue weighted by atomic mass is 9.93. The molecule has 0 unspecified atom stereocenters. The first-order chi connectivity index (χ1) is 19.6. The molecule has 204 valence electrons. The Morgan fingerprint density at radius 2 is 1.57 bits per heavy atom. The Morgan fingerprint density at radius 3 is 2.17 bits per heavy atom. The molecule has 3 aromatic rings. The van der Waals surface area contributed by atoms with Gasteiger partial charge in [0.1, 0.15) is 11.4 Å². The number of fused-ring (bicyclic) bond motifs is 1. The third-order valence-electron chi connectivity index (χ3n) is 7.50. The van der Waals surface area contributed by atoms with Gasteiger partial charge in [-0.25, -0.2) is 4.79 Å². The molecule has 0 saturated carbocycles. The SMILES string of the molecule is O=C(Cc1ccccc1)N[C@@H]1C(=O)N2[C@@H](C(=O)OC(c3ccccc3)c3ccccc3)C([C@H]3CCCO3)=CS[C@H]12. The number of carbonyl (C=O) groups is 3. The number of hydrogen-bond donors (Lipinski definition) is 1. The van der Waals surface area contributed by atoms with Crippen LogP contribution in [0.15, 0.2) is 102 Å². The Balaban J connectivity index is 1.25. The molecule has 2 saturated heterocycles. The van der Waals surface area contributed by atoms with Crippen molar-refractivity contribution in [1.82, 2.24) is 10.2 Å². The molecule has 3 aromatic carbocycles. The lowest BCUT2D eigenvalue weighted by Gasteiger charge is -2.52. The second-order valence-corrected chi connectivity index (χ2v) is 11.1. The van der Waals surface area contributed by atoms with Crippen LogP contribution < -0.4 is 5.32 Å². The van der Waals surface area contributed by atoms with Crippen molar-refractivity contribution in [3.63, 3.8) is 0 Å². The van der Waals surface area contributed by atoms with Crippen LogP contribution in [-0.4, -0.2) is 52.9 Å². The molecule has 0 spiro atoms. The smallest absolute Gasteiger partial charge is 0.334 e. The van der Waals surface area contributed by atoms with Crippen molar-refractivity contribution in [3.8, 4) is 0 Å². The first-order valence-electron chi connectivity index (χ1n) is 13.5. The maximum atomic E-state index is 14.0. The average Bonchev–Trinajstić information content (AvgIpc) is 3.54. The van der Waals surface area contributed by atoms with Crippen molar-refractivity contribution in [3.05, 3.63) is 119 Å². The van der Waals surface area contributed by atoms with Crippen molar-refractivity contribution in [2.75, 3.05) is 6.61 Å². The van der Waals surface area contributed by atoms with E-state index in [1.54, 1.807) is 4.90 Å². The summed E-state index contributed by atoms with van der Waals surface area (Å²) in [5, 5.41) is 4.42. The Labute approximate surface area is 237 Å². The molecule has 0 aliphatic carbocycles. The number of β-lactam (4-membered cyclic amide) rings is 1. The van der Waals surface area contributed by atoms with Gasteiger partial charge in [0.05, 0.1) is 12.5 Å². The van der Waals surface area contributed by atoms with Gasteiger partial charge in [0.2, 0.25) is 11.8 Å². The molecule has 3 heterocycles. The van der Waals surface area contributed by atoms with Gasteiger partial charge in [0.15, 0.2) is 12.1 Å². The Kier molecular flexibility index (Phi) is 7.71. The number of esters is 1. The normalized spacial score (nSPS) is 23.7. The molecule has 1 N–H and O–H groups in total. The van der Waals surface area contributed by atoms with Crippen molar-refractivity contribution in [2.45, 2.75) is 48.9 Å². The highest BCUT2D eigenvalue weighted by atomic mass is 32.2. The molecule has 8 heteroatoms. The third-order valence-corrected chi connectivity index (χ3v) is 8.69. The number of nitrogens with one attached hydrogen (secondary N) is 1. The summed E-state index contributed by atoms with van der Waals surface area (Å²) in [7, 11) is 0. The number of thioether (sulfide) groups is 1. The molecule has 2 amide bonds. The quantitative estimate of drug-likeness (QED) is 0.328. The first kappa shape index (κ1) is 26.3. The Bertz CT molecular complexity index is 1350. The van der Waals surface area contributed by atoms with Gasteiger partial charge in [0.25, 0.3) is 0 Å². The zero-order valence-electron chi connectivity index (χ0n) is 21.8. The van der Waals surface area contributed by atoms with Crippen LogP contribution in [0.5, 0.6) is 0 Å². The average molecular weight is 555 g/mol. The maximum absolute atomic E-state index is 14.0. The van der Waals surface area contributed by atoms with E-state index in [2.05, 4.69) is 5.32 Å². The van der Waals surface area contributed by atoms with E-state index in [1.807, 2.05) is 96.4 Å². The van der Waals surface area contributed by atoms with Crippen molar-refractivity contribution < 1.29 is 23.9 Å². The monoisotopic (exact) mass is 554 g/mol. The van der Waals surface area contributed by atoms with E-state index in [9.17, 15) is 14.4 Å². The predicted molar refractivity (Wildman–Crippen MR) is 152 cm³/mol. The number of hydrogen-bond acceptors (Lipinski definition) is 6. The van der Waals surface area contributed by atoms with E-state index in [1.165, 1.54) is 11.8 Å². The van der Waals surface area contributed by atoms with E-state index in [0.29, 0.717) is 6.61 Å². The molecule has 2 fully saturated rings. The van der Waals surface area contributed by atoms with Gasteiger partial charge >= 0.3 is 5.97 Å². The van der Waals surface area contributed by atoms with Gasteiger partial charge in [-0.15, -0.1) is 11.8 Å². The summed E-state index contributed by atoms with van der Waals surface area (Å²) < 4.78 is 12.2. The van der Waals surface area contributed by atoms with Crippen LogP contribution in [0.4, 0.5) is 0 Å². The number of benzene rings is 3. The van der Waals surface area contributed by atoms with Gasteiger partial charge in [-0.05, 0) is 40.5 Å². The summed E-state index contributed by atoms with van der Waals surface area (Å²) in [6, 6.07) is 26.9. The lowest BCUT2D eigenvalue weighted by molar-refractivity contribution is -0.166. The van der Waals surface area contributed by atoms with Crippen molar-refractivity contribution >= 4 is 29.5 Å². The molecule has 0 aromatic heterocycles. The van der Waals surface area contributed by atoms with E-state index in [0.717, 1.165) is 35.1 Å². The molecule has 3 aliphatic heterocycles. The van der Waals surface area contributed by atoms with E-state index in [-0.39, 0.29) is 24.3 Å². The number of ether oxygens (including phenoxy) is 2. The maximum Gasteiger partial charge on any atom is 0.334 e. The summed E-state index contributed by atoms with van der Waals surface area (Å²) >= 11 is 1.44. The first-order valence-corrected chi connectivity index (χ1v) is 14.5. The highest BCUT2D eigenvalue weighted by Crippen LogP contribution is 2.43. The molecular formula is C32H30N2O5S. The highest BCUT2D eigenvalue weighted by Gasteiger charge is 2.57. The van der Waals surface area contributed by atoms with Crippen LogP contribution in [0.1, 0.15) is 35.6 Å². The van der Waals surface area contributed by atoms with Crippen LogP contribution in [0.3, 0.4) is 0 Å². The number of nitrogens with zero attached hydrogens (tertiary/aromatic N) is 1. The standard InChI is InChI=1S/C32H30N2O5S/c35-26(19-21-11-4-1-5-12-21)33-27-30(36)34-28(24(20-40-31(27)34)25-17-10-18-38-25)32(37)39-29(22-13-6-2-7-14-22)23-15-8-3-9-16-23/h1-9,11-16,20,25,27-29,31H,10,17-19H2,(H,33,35)/t25-,27-,28-,31-/m1/s1. The highest BCUT2D eigenvalue weighted by molar-refractivity contribution is 8.03. The van der Waals surface area contributed by atoms with Gasteiger partial charge < -0.3 is 19.7 Å². The predicted octanol–water partition coefficient (Wildman–Crippen LogP) is 4.39. The summed E-state index contributed by atoms with van der Waals surface area (Å²) in [6.45, 7) is 0.612. The molecule has 6 rings (SSSR count). The van der Waals surface area contributed by atoms with Crippen LogP contribution >= 0.6 is 11.8 Å². The zero-order chi connectivity index (χ0) is 27.5. The van der Waals surface area contributed by atoms with Crippen LogP contribution in [0.25, 0.3) is 0 Å². The number of rotatable bonds is 8. The minimum Gasteiger partial charge on any atom is -0.451 e. The largest absolute Gasteiger partial charge is 0.451 e. The second kappa shape index (κ2) is 11.7. The van der Waals surface area contributed by atoms with E-state index in [4.69, 9.17) is 9.47 Å². The molecular weight excluding hydrogens is 524 g/mol. The third kappa shape index (κ3) is 5.29. The summed E-state index contributed by atoms with van der Waals surface area (Å²) in [6.07, 6.45) is 0.964. The van der Waals surface area contributed by atoms with E-state index < -0.39 is 29.5 Å². The van der Waals surface area contributed by atoms with Gasteiger partial charge in [-0.2, -0.15) is 0 Å². The molecule has 0 bridgehead atoms. The topological polar surface area (TPSA) is 84.9 Å². The Hall–Kier alpha value is -3.88. The fraction of sp³-hybridized carbons (Fsp3) is 0.281. The van der Waals surface area contributed by atoms with Crippen LogP contribution in [-0.2, 0) is 30.3 Å². The fourth-order valence-corrected chi connectivity index (χ4v) is 6.80. The van der Waals surface area contributed by atoms with Crippen LogP contribution in [0, 0.1) is 0 Å². The number of carbonyl (C=O) groups excluding carboxylic acids is 3. The Morgan fingerprint density at radius 1 is 0.950 bits per heavy atom. The van der Waals surface area contributed by atoms with Gasteiger partial charge in [-0.1, -0.05) is 91.0 Å². The summed E-state index contributed by atoms with van der Waals surface area (Å²) in [4.78, 5) is 41.9. The minimum atomic E-state index is -0.918. The molecule has 40 heavy (non-hydrogen) atoms. The van der Waals surface area contributed by atoms with Crippen LogP contribution in [0.2, 0.25) is 0 Å². The molecule has 3 aliphatic rings.